The number of ether oxygens (including phenoxy) is 1. The summed E-state index contributed by atoms with van der Waals surface area (Å²) < 4.78 is 19.4. The normalized spacial score (nSPS) is 15.9. The fraction of sp³-hybridized carbons (Fsp3) is 0.500. The maximum absolute atomic E-state index is 13.4. The number of rotatable bonds is 16. The van der Waals surface area contributed by atoms with Crippen LogP contribution in [0.5, 0.6) is 5.75 Å². The zero-order chi connectivity index (χ0) is 29.2. The number of carboxylic acid groups (broad SMARTS) is 1. The number of benzene rings is 2. The van der Waals surface area contributed by atoms with Crippen LogP contribution in [0.1, 0.15) is 44.2 Å². The summed E-state index contributed by atoms with van der Waals surface area (Å²) in [6, 6.07) is 10.7. The molecule has 0 heterocycles. The Morgan fingerprint density at radius 2 is 1.80 bits per heavy atom. The lowest BCUT2D eigenvalue weighted by molar-refractivity contribution is -0.144. The molecule has 4 atom stereocenters. The van der Waals surface area contributed by atoms with E-state index in [0.717, 1.165) is 37.0 Å². The Labute approximate surface area is 235 Å². The zero-order valence-electron chi connectivity index (χ0n) is 23.4. The first kappa shape index (κ1) is 31.0. The van der Waals surface area contributed by atoms with E-state index in [1.165, 1.54) is 29.2 Å². The van der Waals surface area contributed by atoms with Crippen molar-refractivity contribution < 1.29 is 28.6 Å². The van der Waals surface area contributed by atoms with E-state index in [9.17, 15) is 23.9 Å². The van der Waals surface area contributed by atoms with Crippen molar-refractivity contribution in [2.45, 2.75) is 70.2 Å². The molecule has 9 nitrogen and oxygen atoms in total. The average Bonchev–Trinajstić information content (AvgIpc) is 3.77. The van der Waals surface area contributed by atoms with E-state index in [-0.39, 0.29) is 24.3 Å². The minimum Gasteiger partial charge on any atom is -0.489 e. The number of carboxylic acids is 1. The summed E-state index contributed by atoms with van der Waals surface area (Å²) in [5, 5.41) is 15.5. The highest BCUT2D eigenvalue weighted by Gasteiger charge is 2.39. The van der Waals surface area contributed by atoms with E-state index in [2.05, 4.69) is 10.6 Å². The minimum absolute atomic E-state index is 0.00870. The molecule has 10 heteroatoms. The third kappa shape index (κ3) is 9.02. The second kappa shape index (κ2) is 14.8. The zero-order valence-corrected chi connectivity index (χ0v) is 23.4. The van der Waals surface area contributed by atoms with Gasteiger partial charge in [0.2, 0.25) is 11.8 Å². The summed E-state index contributed by atoms with van der Waals surface area (Å²) in [4.78, 5) is 39.5. The Bertz CT molecular complexity index is 1140. The van der Waals surface area contributed by atoms with E-state index in [4.69, 9.17) is 10.5 Å². The van der Waals surface area contributed by atoms with Crippen LogP contribution in [0.25, 0.3) is 0 Å². The summed E-state index contributed by atoms with van der Waals surface area (Å²) in [5.74, 6) is -1.48. The van der Waals surface area contributed by atoms with E-state index in [0.29, 0.717) is 18.7 Å². The van der Waals surface area contributed by atoms with Crippen molar-refractivity contribution in [3.63, 3.8) is 0 Å². The van der Waals surface area contributed by atoms with Crippen molar-refractivity contribution in [1.82, 2.24) is 15.5 Å². The van der Waals surface area contributed by atoms with Crippen LogP contribution >= 0.6 is 0 Å². The maximum atomic E-state index is 13.4. The predicted molar refractivity (Wildman–Crippen MR) is 150 cm³/mol. The first-order valence-corrected chi connectivity index (χ1v) is 13.8. The molecule has 0 radical (unpaired) electrons. The van der Waals surface area contributed by atoms with E-state index < -0.39 is 35.8 Å². The summed E-state index contributed by atoms with van der Waals surface area (Å²) >= 11 is 0. The van der Waals surface area contributed by atoms with Gasteiger partial charge in [-0.15, -0.1) is 0 Å². The smallest absolute Gasteiger partial charge is 0.326 e. The van der Waals surface area contributed by atoms with Crippen LogP contribution in [0.3, 0.4) is 0 Å². The standard InChI is InChI=1S/C30H41FN4O5/c1-19(40-26-9-5-4-7-22(26)8-6-16-32)18-33-27(23-12-13-23)29(37)35(3)20(2)28(36)34-25(30(38)39)17-21-10-14-24(31)15-11-21/h4-5,7,9-11,14-15,19-20,23,25,27,33H,6,8,12-13,16-18,32H2,1-3H3,(H,34,36)(H,38,39)/t19-,20-,25+,27+/m1/s1. The topological polar surface area (TPSA) is 134 Å². The van der Waals surface area contributed by atoms with Crippen LogP contribution in [-0.4, -0.2) is 72.2 Å². The Hall–Kier alpha value is -3.50. The van der Waals surface area contributed by atoms with Crippen LogP contribution in [0.4, 0.5) is 4.39 Å². The number of hydrogen-bond acceptors (Lipinski definition) is 6. The Balaban J connectivity index is 1.57. The first-order valence-electron chi connectivity index (χ1n) is 13.8. The lowest BCUT2D eigenvalue weighted by Gasteiger charge is -2.30. The van der Waals surface area contributed by atoms with E-state index in [1.54, 1.807) is 14.0 Å². The summed E-state index contributed by atoms with van der Waals surface area (Å²) in [6.45, 7) is 4.54. The molecule has 0 aliphatic heterocycles. The SMILES string of the molecule is C[C@H](CN[C@H](C(=O)N(C)[C@H](C)C(=O)N[C@@H](Cc1ccc(F)cc1)C(=O)O)C1CC1)Oc1ccccc1CCCN. The summed E-state index contributed by atoms with van der Waals surface area (Å²) in [6.07, 6.45) is 3.30. The second-order valence-electron chi connectivity index (χ2n) is 10.5. The number of halogens is 1. The van der Waals surface area contributed by atoms with Gasteiger partial charge in [0.15, 0.2) is 0 Å². The molecule has 218 valence electrons. The van der Waals surface area contributed by atoms with Crippen molar-refractivity contribution >= 4 is 17.8 Å². The number of likely N-dealkylation sites (N-methyl/N-ethyl adjacent to an activating group) is 1. The molecular weight excluding hydrogens is 515 g/mol. The highest BCUT2D eigenvalue weighted by atomic mass is 19.1. The van der Waals surface area contributed by atoms with E-state index >= 15 is 0 Å². The quantitative estimate of drug-likeness (QED) is 0.250. The fourth-order valence-electron chi connectivity index (χ4n) is 4.49. The molecule has 1 fully saturated rings. The van der Waals surface area contributed by atoms with Gasteiger partial charge in [0.05, 0.1) is 6.04 Å². The molecule has 5 N–H and O–H groups in total. The molecule has 40 heavy (non-hydrogen) atoms. The Morgan fingerprint density at radius 3 is 2.42 bits per heavy atom. The highest BCUT2D eigenvalue weighted by Crippen LogP contribution is 2.33. The molecule has 0 bridgehead atoms. The number of nitrogens with one attached hydrogen (secondary N) is 2. The molecule has 0 unspecified atom stereocenters. The second-order valence-corrected chi connectivity index (χ2v) is 10.5. The molecule has 2 amide bonds. The first-order chi connectivity index (χ1) is 19.1. The average molecular weight is 557 g/mol. The maximum Gasteiger partial charge on any atom is 0.326 e. The molecule has 0 spiro atoms. The third-order valence-corrected chi connectivity index (χ3v) is 7.21. The molecule has 2 aromatic rings. The number of amides is 2. The van der Waals surface area contributed by atoms with Gasteiger partial charge in [0, 0.05) is 20.0 Å². The predicted octanol–water partition coefficient (Wildman–Crippen LogP) is 2.51. The Kier molecular flexibility index (Phi) is 11.5. The molecular formula is C30H41FN4O5. The van der Waals surface area contributed by atoms with Gasteiger partial charge in [-0.25, -0.2) is 9.18 Å². The van der Waals surface area contributed by atoms with Crippen LogP contribution < -0.4 is 21.1 Å². The number of nitrogens with zero attached hydrogens (tertiary/aromatic N) is 1. The van der Waals surface area contributed by atoms with Gasteiger partial charge >= 0.3 is 5.97 Å². The van der Waals surface area contributed by atoms with Crippen LogP contribution in [0, 0.1) is 11.7 Å². The van der Waals surface area contributed by atoms with Gasteiger partial charge in [-0.2, -0.15) is 0 Å². The van der Waals surface area contributed by atoms with Crippen molar-refractivity contribution in [3.8, 4) is 5.75 Å². The lowest BCUT2D eigenvalue weighted by atomic mass is 10.1. The van der Waals surface area contributed by atoms with Gasteiger partial charge in [0.1, 0.15) is 29.8 Å². The molecule has 1 saturated carbocycles. The number of carbonyl (C=O) groups excluding carboxylic acids is 2. The number of nitrogens with two attached hydrogens (primary N) is 1. The summed E-state index contributed by atoms with van der Waals surface area (Å²) in [5.41, 5.74) is 7.32. The third-order valence-electron chi connectivity index (χ3n) is 7.21. The van der Waals surface area contributed by atoms with Crippen LogP contribution in [-0.2, 0) is 27.2 Å². The number of aliphatic carboxylic acids is 1. The van der Waals surface area contributed by atoms with Gasteiger partial charge in [-0.05, 0) is 81.3 Å². The monoisotopic (exact) mass is 556 g/mol. The van der Waals surface area contributed by atoms with Gasteiger partial charge < -0.3 is 31.1 Å². The van der Waals surface area contributed by atoms with Crippen molar-refractivity contribution in [1.29, 1.82) is 0 Å². The van der Waals surface area contributed by atoms with Gasteiger partial charge in [0.25, 0.3) is 0 Å². The van der Waals surface area contributed by atoms with Crippen LogP contribution in [0.15, 0.2) is 48.5 Å². The summed E-state index contributed by atoms with van der Waals surface area (Å²) in [7, 11) is 1.55. The molecule has 0 aromatic heterocycles. The van der Waals surface area contributed by atoms with E-state index in [1.807, 2.05) is 31.2 Å². The molecule has 1 aliphatic rings. The number of carbonyl (C=O) groups is 3. The minimum atomic E-state index is -1.22. The van der Waals surface area contributed by atoms with Crippen molar-refractivity contribution in [2.75, 3.05) is 20.1 Å². The van der Waals surface area contributed by atoms with Crippen molar-refractivity contribution in [2.24, 2.45) is 11.7 Å². The molecule has 0 saturated heterocycles. The van der Waals surface area contributed by atoms with Gasteiger partial charge in [-0.1, -0.05) is 30.3 Å². The van der Waals surface area contributed by atoms with Crippen LogP contribution in [0.2, 0.25) is 0 Å². The number of aryl methyl sites for hydroxylation is 1. The molecule has 1 aliphatic carbocycles. The fourth-order valence-corrected chi connectivity index (χ4v) is 4.49. The largest absolute Gasteiger partial charge is 0.489 e. The number of hydrogen-bond donors (Lipinski definition) is 4. The number of para-hydroxylation sites is 1. The van der Waals surface area contributed by atoms with Crippen molar-refractivity contribution in [3.05, 3.63) is 65.5 Å². The highest BCUT2D eigenvalue weighted by molar-refractivity contribution is 5.91. The molecule has 3 rings (SSSR count). The van der Waals surface area contributed by atoms with Gasteiger partial charge in [-0.3, -0.25) is 9.59 Å². The Morgan fingerprint density at radius 1 is 1.12 bits per heavy atom. The molecule has 2 aromatic carbocycles. The lowest BCUT2D eigenvalue weighted by Crippen LogP contribution is -2.56.